The van der Waals surface area contributed by atoms with Crippen LogP contribution in [-0.2, 0) is 20.7 Å². The summed E-state index contributed by atoms with van der Waals surface area (Å²) in [5.74, 6) is 1.13. The minimum atomic E-state index is -0.863. The molecule has 2 heterocycles. The van der Waals surface area contributed by atoms with Crippen molar-refractivity contribution in [1.29, 1.82) is 0 Å². The van der Waals surface area contributed by atoms with Gasteiger partial charge in [0.05, 0.1) is 31.4 Å². The number of aliphatic hydroxyl groups excluding tert-OH is 1. The molecule has 1 saturated carbocycles. The van der Waals surface area contributed by atoms with Crippen molar-refractivity contribution in [1.82, 2.24) is 15.5 Å². The molecule has 8 heteroatoms. The molecular weight excluding hydrogens is 470 g/mol. The minimum absolute atomic E-state index is 0.0249. The third-order valence-electron chi connectivity index (χ3n) is 7.95. The Kier molecular flexibility index (Phi) is 9.48. The van der Waals surface area contributed by atoms with Crippen molar-refractivity contribution >= 4 is 12.0 Å². The molecule has 2 aliphatic heterocycles. The van der Waals surface area contributed by atoms with Gasteiger partial charge in [-0.3, -0.25) is 9.69 Å². The predicted molar refractivity (Wildman–Crippen MR) is 142 cm³/mol. The summed E-state index contributed by atoms with van der Waals surface area (Å²) >= 11 is 0. The Balaban J connectivity index is 1.48. The summed E-state index contributed by atoms with van der Waals surface area (Å²) in [6.45, 7) is 8.09. The molecule has 2 amide bonds. The van der Waals surface area contributed by atoms with Crippen LogP contribution >= 0.6 is 0 Å². The maximum absolute atomic E-state index is 13.4. The highest BCUT2D eigenvalue weighted by Gasteiger charge is 2.41. The number of piperidine rings is 1. The minimum Gasteiger partial charge on any atom is -0.444 e. The van der Waals surface area contributed by atoms with Gasteiger partial charge in [0.25, 0.3) is 0 Å². The highest BCUT2D eigenvalue weighted by Crippen LogP contribution is 2.39. The SMILES string of the molecule is CC(C)(C)NC(=O)C1C[C@@H]2CCCC[C@@H]2CN1C[C@@H](O)[C@H](Cc1ccccc1)NC(=O)O[C@@H]1CCOC1. The van der Waals surface area contributed by atoms with Gasteiger partial charge in [-0.2, -0.15) is 0 Å². The number of β-amino-alcohol motifs (C(OH)–C–C–N with tert-alkyl or cyclic N) is 1. The molecule has 3 fully saturated rings. The van der Waals surface area contributed by atoms with Gasteiger partial charge in [0.1, 0.15) is 6.10 Å². The van der Waals surface area contributed by atoms with Crippen molar-refractivity contribution in [3.63, 3.8) is 0 Å². The Morgan fingerprint density at radius 3 is 2.54 bits per heavy atom. The van der Waals surface area contributed by atoms with Crippen LogP contribution in [0, 0.1) is 11.8 Å². The van der Waals surface area contributed by atoms with Crippen molar-refractivity contribution in [2.75, 3.05) is 26.3 Å². The van der Waals surface area contributed by atoms with Gasteiger partial charge in [-0.15, -0.1) is 0 Å². The lowest BCUT2D eigenvalue weighted by atomic mass is 9.72. The van der Waals surface area contributed by atoms with E-state index in [1.165, 1.54) is 25.7 Å². The summed E-state index contributed by atoms with van der Waals surface area (Å²) in [4.78, 5) is 28.3. The lowest BCUT2D eigenvalue weighted by Crippen LogP contribution is -2.60. The molecule has 4 rings (SSSR count). The fourth-order valence-electron chi connectivity index (χ4n) is 6.09. The van der Waals surface area contributed by atoms with Gasteiger partial charge in [0.15, 0.2) is 0 Å². The van der Waals surface area contributed by atoms with Gasteiger partial charge in [-0.05, 0) is 57.4 Å². The van der Waals surface area contributed by atoms with Gasteiger partial charge < -0.3 is 25.2 Å². The van der Waals surface area contributed by atoms with Crippen molar-refractivity contribution in [2.24, 2.45) is 11.8 Å². The number of nitrogens with one attached hydrogen (secondary N) is 2. The van der Waals surface area contributed by atoms with Crippen LogP contribution in [0.15, 0.2) is 30.3 Å². The number of carbonyl (C=O) groups excluding carboxylic acids is 2. The maximum atomic E-state index is 13.4. The van der Waals surface area contributed by atoms with E-state index in [1.807, 2.05) is 51.1 Å². The summed E-state index contributed by atoms with van der Waals surface area (Å²) in [5.41, 5.74) is 0.694. The largest absolute Gasteiger partial charge is 0.444 e. The van der Waals surface area contributed by atoms with E-state index in [1.54, 1.807) is 0 Å². The molecule has 1 aliphatic carbocycles. The van der Waals surface area contributed by atoms with E-state index < -0.39 is 18.2 Å². The lowest BCUT2D eigenvalue weighted by molar-refractivity contribution is -0.132. The number of hydrogen-bond donors (Lipinski definition) is 3. The van der Waals surface area contributed by atoms with Crippen LogP contribution in [0.3, 0.4) is 0 Å². The van der Waals surface area contributed by atoms with Gasteiger partial charge in [-0.25, -0.2) is 4.79 Å². The first kappa shape index (κ1) is 27.9. The molecule has 0 spiro atoms. The Morgan fingerprint density at radius 2 is 1.86 bits per heavy atom. The number of hydrogen-bond acceptors (Lipinski definition) is 6. The molecule has 3 N–H and O–H groups in total. The van der Waals surface area contributed by atoms with Crippen LogP contribution in [0.1, 0.15) is 64.9 Å². The normalized spacial score (nSPS) is 28.1. The number of rotatable bonds is 8. The lowest BCUT2D eigenvalue weighted by Gasteiger charge is -2.47. The van der Waals surface area contributed by atoms with E-state index >= 15 is 0 Å². The third-order valence-corrected chi connectivity index (χ3v) is 7.95. The highest BCUT2D eigenvalue weighted by atomic mass is 16.6. The van der Waals surface area contributed by atoms with Crippen LogP contribution in [-0.4, -0.2) is 78.1 Å². The molecule has 1 aromatic carbocycles. The van der Waals surface area contributed by atoms with Crippen molar-refractivity contribution in [3.05, 3.63) is 35.9 Å². The van der Waals surface area contributed by atoms with Crippen LogP contribution < -0.4 is 10.6 Å². The number of fused-ring (bicyclic) bond motifs is 1. The fourth-order valence-corrected chi connectivity index (χ4v) is 6.09. The number of aliphatic hydroxyl groups is 1. The average Bonchev–Trinajstić information content (AvgIpc) is 3.35. The zero-order valence-corrected chi connectivity index (χ0v) is 22.7. The van der Waals surface area contributed by atoms with Crippen LogP contribution in [0.25, 0.3) is 0 Å². The standard InChI is InChI=1S/C29H45N3O5/c1-29(2,3)31-27(34)25-16-21-11-7-8-12-22(21)17-32(25)18-26(33)24(15-20-9-5-4-6-10-20)30-28(35)37-23-13-14-36-19-23/h4-6,9-10,21-26,33H,7-8,11-19H2,1-3H3,(H,30,35)(H,31,34)/t21-,22+,23+,24-,25?,26+/m0/s1. The number of likely N-dealkylation sites (tertiary alicyclic amines) is 1. The molecule has 6 atom stereocenters. The topological polar surface area (TPSA) is 100 Å². The van der Waals surface area contributed by atoms with E-state index in [0.29, 0.717) is 44.4 Å². The van der Waals surface area contributed by atoms with E-state index in [4.69, 9.17) is 9.47 Å². The predicted octanol–water partition coefficient (Wildman–Crippen LogP) is 3.27. The molecule has 0 bridgehead atoms. The zero-order valence-electron chi connectivity index (χ0n) is 22.7. The highest BCUT2D eigenvalue weighted by molar-refractivity contribution is 5.82. The molecule has 8 nitrogen and oxygen atoms in total. The summed E-state index contributed by atoms with van der Waals surface area (Å²) in [5, 5.41) is 17.6. The number of benzene rings is 1. The molecule has 0 aromatic heterocycles. The summed E-state index contributed by atoms with van der Waals surface area (Å²) in [6.07, 6.45) is 5.12. The number of ether oxygens (including phenoxy) is 2. The first-order valence-electron chi connectivity index (χ1n) is 14.0. The molecular formula is C29H45N3O5. The van der Waals surface area contributed by atoms with E-state index in [9.17, 15) is 14.7 Å². The van der Waals surface area contributed by atoms with E-state index in [2.05, 4.69) is 15.5 Å². The third kappa shape index (κ3) is 8.16. The van der Waals surface area contributed by atoms with E-state index in [0.717, 1.165) is 18.5 Å². The van der Waals surface area contributed by atoms with Crippen molar-refractivity contribution in [2.45, 2.75) is 95.5 Å². The maximum Gasteiger partial charge on any atom is 0.407 e. The molecule has 0 radical (unpaired) electrons. The summed E-state index contributed by atoms with van der Waals surface area (Å²) in [6, 6.07) is 9.00. The monoisotopic (exact) mass is 515 g/mol. The molecule has 37 heavy (non-hydrogen) atoms. The molecule has 1 aromatic rings. The molecule has 1 unspecified atom stereocenters. The average molecular weight is 516 g/mol. The fraction of sp³-hybridized carbons (Fsp3) is 0.724. The first-order chi connectivity index (χ1) is 17.7. The number of alkyl carbamates (subject to hydrolysis) is 1. The Bertz CT molecular complexity index is 883. The van der Waals surface area contributed by atoms with Gasteiger partial charge in [-0.1, -0.05) is 49.6 Å². The molecule has 3 aliphatic rings. The molecule has 2 saturated heterocycles. The van der Waals surface area contributed by atoms with Crippen molar-refractivity contribution in [3.8, 4) is 0 Å². The van der Waals surface area contributed by atoms with Crippen LogP contribution in [0.5, 0.6) is 0 Å². The second kappa shape index (κ2) is 12.6. The van der Waals surface area contributed by atoms with Crippen molar-refractivity contribution < 1.29 is 24.2 Å². The number of carbonyl (C=O) groups is 2. The Labute approximate surface area is 221 Å². The first-order valence-corrected chi connectivity index (χ1v) is 14.0. The second-order valence-corrected chi connectivity index (χ2v) is 12.1. The van der Waals surface area contributed by atoms with Gasteiger partial charge in [0, 0.05) is 25.0 Å². The number of amides is 2. The smallest absolute Gasteiger partial charge is 0.407 e. The summed E-state index contributed by atoms with van der Waals surface area (Å²) in [7, 11) is 0. The van der Waals surface area contributed by atoms with Crippen LogP contribution in [0.4, 0.5) is 4.79 Å². The van der Waals surface area contributed by atoms with Crippen LogP contribution in [0.2, 0.25) is 0 Å². The van der Waals surface area contributed by atoms with Gasteiger partial charge in [0.2, 0.25) is 5.91 Å². The Hall–Kier alpha value is -2.16. The number of nitrogens with zero attached hydrogens (tertiary/aromatic N) is 1. The Morgan fingerprint density at radius 1 is 1.14 bits per heavy atom. The van der Waals surface area contributed by atoms with Gasteiger partial charge >= 0.3 is 6.09 Å². The summed E-state index contributed by atoms with van der Waals surface area (Å²) < 4.78 is 10.9. The second-order valence-electron chi connectivity index (χ2n) is 12.1. The van der Waals surface area contributed by atoms with E-state index in [-0.39, 0.29) is 23.6 Å². The zero-order chi connectivity index (χ0) is 26.4. The molecule has 206 valence electrons. The quantitative estimate of drug-likeness (QED) is 0.491.